The molecule has 128 valence electrons. The number of aryl methyl sites for hydroxylation is 1. The second kappa shape index (κ2) is 7.42. The third-order valence-corrected chi connectivity index (χ3v) is 5.21. The van der Waals surface area contributed by atoms with Gasteiger partial charge in [-0.1, -0.05) is 44.7 Å². The van der Waals surface area contributed by atoms with E-state index in [0.29, 0.717) is 23.5 Å². The number of halogens is 3. The van der Waals surface area contributed by atoms with E-state index in [-0.39, 0.29) is 5.56 Å². The van der Waals surface area contributed by atoms with Gasteiger partial charge in [0.2, 0.25) is 0 Å². The summed E-state index contributed by atoms with van der Waals surface area (Å²) < 4.78 is 41.7. The average Bonchev–Trinajstić information content (AvgIpc) is 2.55. The molecule has 0 nitrogen and oxygen atoms in total. The first-order chi connectivity index (χ1) is 11.5. The van der Waals surface area contributed by atoms with Crippen LogP contribution in [0, 0.1) is 29.3 Å². The van der Waals surface area contributed by atoms with Crippen molar-refractivity contribution in [3.63, 3.8) is 0 Å². The van der Waals surface area contributed by atoms with Crippen LogP contribution in [0.5, 0.6) is 0 Å². The molecule has 0 N–H and O–H groups in total. The molecule has 1 saturated carbocycles. The molecule has 2 aromatic carbocycles. The number of benzene rings is 2. The molecule has 0 spiro atoms. The van der Waals surface area contributed by atoms with E-state index in [0.717, 1.165) is 12.3 Å². The van der Waals surface area contributed by atoms with E-state index in [2.05, 4.69) is 6.92 Å². The minimum absolute atomic E-state index is 0.0785. The molecule has 0 atom stereocenters. The van der Waals surface area contributed by atoms with Gasteiger partial charge in [-0.3, -0.25) is 0 Å². The first-order valence-electron chi connectivity index (χ1n) is 8.77. The molecule has 1 fully saturated rings. The highest BCUT2D eigenvalue weighted by atomic mass is 19.1. The van der Waals surface area contributed by atoms with Crippen LogP contribution in [-0.4, -0.2) is 0 Å². The summed E-state index contributed by atoms with van der Waals surface area (Å²) in [6, 6.07) is 8.08. The van der Waals surface area contributed by atoms with E-state index in [4.69, 9.17) is 0 Å². The first-order valence-corrected chi connectivity index (χ1v) is 8.77. The molecule has 2 aromatic rings. The molecule has 1 aliphatic rings. The maximum Gasteiger partial charge on any atom is 0.134 e. The molecule has 1 aliphatic carbocycles. The van der Waals surface area contributed by atoms with Gasteiger partial charge in [0.25, 0.3) is 0 Å². The molecule has 0 unspecified atom stereocenters. The molecule has 0 bridgehead atoms. The summed E-state index contributed by atoms with van der Waals surface area (Å²) in [7, 11) is 0. The van der Waals surface area contributed by atoms with Crippen LogP contribution in [0.15, 0.2) is 36.4 Å². The van der Waals surface area contributed by atoms with Crippen molar-refractivity contribution >= 4 is 0 Å². The van der Waals surface area contributed by atoms with Gasteiger partial charge in [0.1, 0.15) is 17.5 Å². The van der Waals surface area contributed by atoms with Crippen molar-refractivity contribution in [3.05, 3.63) is 59.4 Å². The Morgan fingerprint density at radius 2 is 1.46 bits per heavy atom. The largest absolute Gasteiger partial charge is 0.207 e. The fourth-order valence-electron chi connectivity index (χ4n) is 3.65. The molecular weight excluding hydrogens is 309 g/mol. The number of hydrogen-bond donors (Lipinski definition) is 0. The average molecular weight is 332 g/mol. The summed E-state index contributed by atoms with van der Waals surface area (Å²) in [5.41, 5.74) is 0.985. The van der Waals surface area contributed by atoms with Gasteiger partial charge in [-0.05, 0) is 60.1 Å². The highest BCUT2D eigenvalue weighted by molar-refractivity contribution is 5.65. The molecule has 3 heteroatoms. The maximum atomic E-state index is 14.4. The van der Waals surface area contributed by atoms with Crippen molar-refractivity contribution < 1.29 is 13.2 Å². The maximum absolute atomic E-state index is 14.4. The van der Waals surface area contributed by atoms with Crippen molar-refractivity contribution in [1.82, 2.24) is 0 Å². The van der Waals surface area contributed by atoms with Crippen LogP contribution in [0.4, 0.5) is 13.2 Å². The summed E-state index contributed by atoms with van der Waals surface area (Å²) in [5.74, 6) is -0.0871. The summed E-state index contributed by atoms with van der Waals surface area (Å²) in [6.07, 6.45) is 6.66. The van der Waals surface area contributed by atoms with E-state index in [1.807, 2.05) is 0 Å². The van der Waals surface area contributed by atoms with Crippen LogP contribution < -0.4 is 0 Å². The molecule has 3 rings (SSSR count). The highest BCUT2D eigenvalue weighted by Gasteiger charge is 2.19. The third-order valence-electron chi connectivity index (χ3n) is 5.21. The Bertz CT molecular complexity index is 660. The zero-order chi connectivity index (χ0) is 17.1. The quantitative estimate of drug-likeness (QED) is 0.597. The lowest BCUT2D eigenvalue weighted by atomic mass is 9.80. The van der Waals surface area contributed by atoms with Crippen LogP contribution in [0.25, 0.3) is 11.1 Å². The van der Waals surface area contributed by atoms with Gasteiger partial charge in [-0.2, -0.15) is 0 Å². The van der Waals surface area contributed by atoms with E-state index in [1.54, 1.807) is 0 Å². The smallest absolute Gasteiger partial charge is 0.134 e. The number of rotatable bonds is 4. The molecule has 0 aliphatic heterocycles. The molecule has 0 heterocycles. The van der Waals surface area contributed by atoms with Crippen molar-refractivity contribution in [2.24, 2.45) is 11.8 Å². The van der Waals surface area contributed by atoms with E-state index >= 15 is 0 Å². The second-order valence-electron chi connectivity index (χ2n) is 7.11. The van der Waals surface area contributed by atoms with Crippen molar-refractivity contribution in [2.75, 3.05) is 0 Å². The van der Waals surface area contributed by atoms with E-state index in [9.17, 15) is 13.2 Å². The topological polar surface area (TPSA) is 0 Å². The Morgan fingerprint density at radius 1 is 0.875 bits per heavy atom. The summed E-state index contributed by atoms with van der Waals surface area (Å²) in [6.45, 7) is 2.29. The van der Waals surface area contributed by atoms with Gasteiger partial charge < -0.3 is 0 Å². The third kappa shape index (κ3) is 4.00. The SMILES string of the molecule is CC1CCC(CCc2cc(F)c(-c3ccc(F)cc3)c(F)c2)CC1. The Hall–Kier alpha value is -1.77. The minimum atomic E-state index is -0.575. The lowest BCUT2D eigenvalue weighted by Crippen LogP contribution is -2.13. The fourth-order valence-corrected chi connectivity index (χ4v) is 3.65. The predicted molar refractivity (Wildman–Crippen MR) is 91.2 cm³/mol. The Morgan fingerprint density at radius 3 is 2.04 bits per heavy atom. The van der Waals surface area contributed by atoms with E-state index in [1.165, 1.54) is 62.1 Å². The zero-order valence-corrected chi connectivity index (χ0v) is 14.0. The monoisotopic (exact) mass is 332 g/mol. The fraction of sp³-hybridized carbons (Fsp3) is 0.429. The zero-order valence-electron chi connectivity index (χ0n) is 14.0. The highest BCUT2D eigenvalue weighted by Crippen LogP contribution is 2.32. The molecule has 24 heavy (non-hydrogen) atoms. The van der Waals surface area contributed by atoms with Gasteiger partial charge in [0, 0.05) is 0 Å². The van der Waals surface area contributed by atoms with Crippen molar-refractivity contribution in [1.29, 1.82) is 0 Å². The molecule has 0 saturated heterocycles. The van der Waals surface area contributed by atoms with Gasteiger partial charge >= 0.3 is 0 Å². The Kier molecular flexibility index (Phi) is 5.27. The van der Waals surface area contributed by atoms with Gasteiger partial charge in [0.15, 0.2) is 0 Å². The van der Waals surface area contributed by atoms with Crippen LogP contribution >= 0.6 is 0 Å². The second-order valence-corrected chi connectivity index (χ2v) is 7.11. The standard InChI is InChI=1S/C21H23F3/c1-14-2-4-15(5-3-14)6-7-16-12-19(23)21(20(24)13-16)17-8-10-18(22)11-9-17/h8-15H,2-7H2,1H3. The molecular formula is C21H23F3. The predicted octanol–water partition coefficient (Wildman–Crippen LogP) is 6.53. The summed E-state index contributed by atoms with van der Waals surface area (Å²) >= 11 is 0. The van der Waals surface area contributed by atoms with Crippen LogP contribution in [0.3, 0.4) is 0 Å². The normalized spacial score (nSPS) is 21.0. The minimum Gasteiger partial charge on any atom is -0.207 e. The Labute approximate surface area is 141 Å². The lowest BCUT2D eigenvalue weighted by Gasteiger charge is -2.26. The lowest BCUT2D eigenvalue weighted by molar-refractivity contribution is 0.277. The number of hydrogen-bond acceptors (Lipinski definition) is 0. The van der Waals surface area contributed by atoms with Crippen LogP contribution in [0.1, 0.15) is 44.6 Å². The van der Waals surface area contributed by atoms with Crippen LogP contribution in [0.2, 0.25) is 0 Å². The molecule has 0 aromatic heterocycles. The first kappa shape index (κ1) is 17.1. The Balaban J connectivity index is 1.71. The van der Waals surface area contributed by atoms with Gasteiger partial charge in [0.05, 0.1) is 5.56 Å². The van der Waals surface area contributed by atoms with Gasteiger partial charge in [-0.25, -0.2) is 13.2 Å². The summed E-state index contributed by atoms with van der Waals surface area (Å²) in [5, 5.41) is 0. The van der Waals surface area contributed by atoms with Crippen molar-refractivity contribution in [3.8, 4) is 11.1 Å². The van der Waals surface area contributed by atoms with E-state index < -0.39 is 17.5 Å². The van der Waals surface area contributed by atoms with Gasteiger partial charge in [-0.15, -0.1) is 0 Å². The van der Waals surface area contributed by atoms with Crippen LogP contribution in [-0.2, 0) is 6.42 Å². The molecule has 0 radical (unpaired) electrons. The molecule has 0 amide bonds. The van der Waals surface area contributed by atoms with Crippen molar-refractivity contribution in [2.45, 2.75) is 45.4 Å². The summed E-state index contributed by atoms with van der Waals surface area (Å²) in [4.78, 5) is 0.